The fourth-order valence-electron chi connectivity index (χ4n) is 3.23. The van der Waals surface area contributed by atoms with Gasteiger partial charge in [0.1, 0.15) is 17.3 Å². The van der Waals surface area contributed by atoms with Crippen molar-refractivity contribution in [1.29, 1.82) is 0 Å². The highest BCUT2D eigenvalue weighted by Gasteiger charge is 2.32. The lowest BCUT2D eigenvalue weighted by Crippen LogP contribution is -2.32. The number of aliphatic imine (C=N–C) groups is 1. The number of rotatable bonds is 4. The SMILES string of the molecule is COC(=O)c1ccc(/C=C2/N=C(c3ccc(C)cc3)N(c3ccc(F)cc3)C2=O)cc1. The molecule has 0 saturated heterocycles. The van der Waals surface area contributed by atoms with Gasteiger partial charge in [-0.25, -0.2) is 14.2 Å². The van der Waals surface area contributed by atoms with Gasteiger partial charge < -0.3 is 4.74 Å². The van der Waals surface area contributed by atoms with E-state index in [0.29, 0.717) is 22.6 Å². The number of carbonyl (C=O) groups excluding carboxylic acids is 2. The molecule has 0 saturated carbocycles. The standard InChI is InChI=1S/C25H19FN2O3/c1-16-3-7-18(8-4-16)23-27-22(15-17-5-9-19(10-6-17)25(30)31-2)24(29)28(23)21-13-11-20(26)12-14-21/h3-15H,1-2H3/b22-15+. The minimum atomic E-state index is -0.432. The number of aryl methyl sites for hydroxylation is 1. The predicted octanol–water partition coefficient (Wildman–Crippen LogP) is 4.76. The molecule has 31 heavy (non-hydrogen) atoms. The molecule has 0 aliphatic carbocycles. The summed E-state index contributed by atoms with van der Waals surface area (Å²) in [5.41, 5.74) is 3.75. The number of anilines is 1. The Morgan fingerprint density at radius 2 is 1.61 bits per heavy atom. The lowest BCUT2D eigenvalue weighted by Gasteiger charge is -2.18. The van der Waals surface area contributed by atoms with Crippen LogP contribution >= 0.6 is 0 Å². The maximum Gasteiger partial charge on any atom is 0.337 e. The third kappa shape index (κ3) is 4.14. The van der Waals surface area contributed by atoms with Gasteiger partial charge in [-0.05, 0) is 55.0 Å². The zero-order chi connectivity index (χ0) is 22.0. The summed E-state index contributed by atoms with van der Waals surface area (Å²) in [4.78, 5) is 30.9. The zero-order valence-electron chi connectivity index (χ0n) is 17.0. The molecule has 1 aliphatic rings. The lowest BCUT2D eigenvalue weighted by atomic mass is 10.1. The molecule has 0 radical (unpaired) electrons. The maximum atomic E-state index is 13.4. The topological polar surface area (TPSA) is 59.0 Å². The van der Waals surface area contributed by atoms with E-state index in [4.69, 9.17) is 4.74 Å². The first-order valence-corrected chi connectivity index (χ1v) is 9.62. The van der Waals surface area contributed by atoms with Crippen LogP contribution < -0.4 is 4.90 Å². The van der Waals surface area contributed by atoms with Crippen molar-refractivity contribution in [3.8, 4) is 0 Å². The highest BCUT2D eigenvalue weighted by molar-refractivity contribution is 6.33. The Balaban J connectivity index is 1.75. The summed E-state index contributed by atoms with van der Waals surface area (Å²) in [6.07, 6.45) is 1.65. The van der Waals surface area contributed by atoms with Crippen LogP contribution in [0.25, 0.3) is 6.08 Å². The molecule has 1 amide bonds. The summed E-state index contributed by atoms with van der Waals surface area (Å²) in [7, 11) is 1.32. The normalized spacial score (nSPS) is 14.7. The molecule has 0 aromatic heterocycles. The van der Waals surface area contributed by atoms with Crippen molar-refractivity contribution in [3.63, 3.8) is 0 Å². The lowest BCUT2D eigenvalue weighted by molar-refractivity contribution is -0.113. The number of esters is 1. The van der Waals surface area contributed by atoms with Gasteiger partial charge in [0.2, 0.25) is 0 Å². The van der Waals surface area contributed by atoms with Gasteiger partial charge in [0, 0.05) is 5.56 Å². The number of hydrogen-bond acceptors (Lipinski definition) is 4. The van der Waals surface area contributed by atoms with Crippen LogP contribution in [0.15, 0.2) is 83.5 Å². The van der Waals surface area contributed by atoms with Crippen molar-refractivity contribution >= 4 is 29.5 Å². The molecule has 5 nitrogen and oxygen atoms in total. The molecule has 4 rings (SSSR count). The van der Waals surface area contributed by atoms with Gasteiger partial charge in [0.05, 0.1) is 18.4 Å². The highest BCUT2D eigenvalue weighted by Crippen LogP contribution is 2.28. The molecule has 0 N–H and O–H groups in total. The van der Waals surface area contributed by atoms with E-state index >= 15 is 0 Å². The fraction of sp³-hybridized carbons (Fsp3) is 0.0800. The van der Waals surface area contributed by atoms with E-state index in [2.05, 4.69) is 4.99 Å². The largest absolute Gasteiger partial charge is 0.465 e. The second-order valence-electron chi connectivity index (χ2n) is 7.06. The maximum absolute atomic E-state index is 13.4. The van der Waals surface area contributed by atoms with Crippen LogP contribution in [-0.4, -0.2) is 24.8 Å². The van der Waals surface area contributed by atoms with Crippen molar-refractivity contribution in [3.05, 3.63) is 107 Å². The fourth-order valence-corrected chi connectivity index (χ4v) is 3.23. The number of hydrogen-bond donors (Lipinski definition) is 0. The van der Waals surface area contributed by atoms with E-state index in [0.717, 1.165) is 11.1 Å². The van der Waals surface area contributed by atoms with Crippen LogP contribution in [0.5, 0.6) is 0 Å². The Morgan fingerprint density at radius 3 is 2.23 bits per heavy atom. The minimum absolute atomic E-state index is 0.241. The number of ether oxygens (including phenoxy) is 1. The van der Waals surface area contributed by atoms with Crippen LogP contribution in [0.1, 0.15) is 27.0 Å². The van der Waals surface area contributed by atoms with Gasteiger partial charge in [-0.2, -0.15) is 0 Å². The number of benzene rings is 3. The van der Waals surface area contributed by atoms with Crippen LogP contribution in [0.4, 0.5) is 10.1 Å². The van der Waals surface area contributed by atoms with Crippen molar-refractivity contribution in [2.75, 3.05) is 12.0 Å². The third-order valence-corrected chi connectivity index (χ3v) is 4.89. The number of amidine groups is 1. The highest BCUT2D eigenvalue weighted by atomic mass is 19.1. The van der Waals surface area contributed by atoms with Gasteiger partial charge in [0.15, 0.2) is 0 Å². The summed E-state index contributed by atoms with van der Waals surface area (Å²) in [6, 6.07) is 20.1. The van der Waals surface area contributed by atoms with E-state index in [1.165, 1.54) is 24.1 Å². The monoisotopic (exact) mass is 414 g/mol. The van der Waals surface area contributed by atoms with Crippen molar-refractivity contribution in [2.45, 2.75) is 6.92 Å². The quantitative estimate of drug-likeness (QED) is 0.457. The summed E-state index contributed by atoms with van der Waals surface area (Å²) in [5, 5.41) is 0. The van der Waals surface area contributed by atoms with E-state index in [1.54, 1.807) is 42.5 Å². The first kappa shape index (κ1) is 20.2. The second kappa shape index (κ2) is 8.36. The van der Waals surface area contributed by atoms with Crippen molar-refractivity contribution in [2.24, 2.45) is 4.99 Å². The molecule has 1 aliphatic heterocycles. The van der Waals surface area contributed by atoms with Crippen LogP contribution in [0, 0.1) is 12.7 Å². The molecule has 0 fully saturated rings. The number of halogens is 1. The van der Waals surface area contributed by atoms with Gasteiger partial charge >= 0.3 is 5.97 Å². The molecule has 3 aromatic rings. The molecule has 3 aromatic carbocycles. The van der Waals surface area contributed by atoms with Crippen molar-refractivity contribution < 1.29 is 18.7 Å². The molecule has 0 bridgehead atoms. The zero-order valence-corrected chi connectivity index (χ0v) is 17.0. The second-order valence-corrected chi connectivity index (χ2v) is 7.06. The summed E-state index contributed by atoms with van der Waals surface area (Å²) >= 11 is 0. The smallest absolute Gasteiger partial charge is 0.337 e. The molecule has 0 atom stereocenters. The van der Waals surface area contributed by atoms with E-state index in [-0.39, 0.29) is 17.4 Å². The molecule has 0 spiro atoms. The molecule has 1 heterocycles. The van der Waals surface area contributed by atoms with Crippen LogP contribution in [-0.2, 0) is 9.53 Å². The minimum Gasteiger partial charge on any atom is -0.465 e. The predicted molar refractivity (Wildman–Crippen MR) is 117 cm³/mol. The average molecular weight is 414 g/mol. The Bertz CT molecular complexity index is 1200. The summed E-state index contributed by atoms with van der Waals surface area (Å²) < 4.78 is 18.1. The van der Waals surface area contributed by atoms with Crippen molar-refractivity contribution in [1.82, 2.24) is 0 Å². The molecule has 0 unspecified atom stereocenters. The molecule has 154 valence electrons. The third-order valence-electron chi connectivity index (χ3n) is 4.89. The van der Waals surface area contributed by atoms with E-state index in [1.807, 2.05) is 31.2 Å². The number of nitrogens with zero attached hydrogens (tertiary/aromatic N) is 2. The number of amides is 1. The van der Waals surface area contributed by atoms with Gasteiger partial charge in [-0.3, -0.25) is 9.69 Å². The van der Waals surface area contributed by atoms with Gasteiger partial charge in [0.25, 0.3) is 5.91 Å². The number of carbonyl (C=O) groups is 2. The van der Waals surface area contributed by atoms with E-state index < -0.39 is 5.97 Å². The van der Waals surface area contributed by atoms with Gasteiger partial charge in [-0.15, -0.1) is 0 Å². The van der Waals surface area contributed by atoms with Gasteiger partial charge in [-0.1, -0.05) is 42.0 Å². The Kier molecular flexibility index (Phi) is 5.45. The van der Waals surface area contributed by atoms with E-state index in [9.17, 15) is 14.0 Å². The molecule has 6 heteroatoms. The Labute approximate surface area is 179 Å². The first-order chi connectivity index (χ1) is 15.0. The number of methoxy groups -OCH3 is 1. The van der Waals surface area contributed by atoms with Crippen LogP contribution in [0.3, 0.4) is 0 Å². The summed E-state index contributed by atoms with van der Waals surface area (Å²) in [5.74, 6) is -0.669. The Hall–Kier alpha value is -4.06. The first-order valence-electron chi connectivity index (χ1n) is 9.62. The molecular formula is C25H19FN2O3. The van der Waals surface area contributed by atoms with Crippen LogP contribution in [0.2, 0.25) is 0 Å². The summed E-state index contributed by atoms with van der Waals surface area (Å²) in [6.45, 7) is 1.98. The molecular weight excluding hydrogens is 395 g/mol. The average Bonchev–Trinajstić information content (AvgIpc) is 3.10. The Morgan fingerprint density at radius 1 is 0.968 bits per heavy atom.